The van der Waals surface area contributed by atoms with Crippen LogP contribution in [0.15, 0.2) is 18.2 Å². The van der Waals surface area contributed by atoms with Crippen LogP contribution in [0.3, 0.4) is 0 Å². The van der Waals surface area contributed by atoms with Crippen molar-refractivity contribution in [2.75, 3.05) is 6.61 Å². The minimum atomic E-state index is -0.392. The summed E-state index contributed by atoms with van der Waals surface area (Å²) in [6, 6.07) is 6.29. The summed E-state index contributed by atoms with van der Waals surface area (Å²) in [4.78, 5) is 0. The lowest BCUT2D eigenvalue weighted by Crippen LogP contribution is -2.10. The molecule has 1 aromatic rings. The van der Waals surface area contributed by atoms with E-state index in [1.165, 1.54) is 18.2 Å². The van der Waals surface area contributed by atoms with Gasteiger partial charge in [0.15, 0.2) is 0 Å². The molecular formula is C14H18FNO2. The van der Waals surface area contributed by atoms with E-state index in [0.717, 1.165) is 12.8 Å². The highest BCUT2D eigenvalue weighted by molar-refractivity contribution is 5.33. The fraction of sp³-hybridized carbons (Fsp3) is 0.500. The minimum absolute atomic E-state index is 0.253. The van der Waals surface area contributed by atoms with E-state index < -0.39 is 5.82 Å². The van der Waals surface area contributed by atoms with Crippen LogP contribution in [-0.2, 0) is 6.61 Å². The molecular weight excluding hydrogens is 233 g/mol. The first kappa shape index (κ1) is 14.5. The largest absolute Gasteiger partial charge is 0.493 e. The Hall–Kier alpha value is -1.60. The molecule has 0 atom stereocenters. The molecule has 0 spiro atoms. The molecule has 0 heterocycles. The molecule has 3 nitrogen and oxygen atoms in total. The quantitative estimate of drug-likeness (QED) is 0.791. The molecule has 0 aromatic heterocycles. The molecule has 0 aliphatic rings. The topological polar surface area (TPSA) is 53.2 Å². The summed E-state index contributed by atoms with van der Waals surface area (Å²) >= 11 is 0. The Morgan fingerprint density at radius 2 is 2.17 bits per heavy atom. The maximum atomic E-state index is 12.9. The summed E-state index contributed by atoms with van der Waals surface area (Å²) in [5.74, 6) is 0.102. The van der Waals surface area contributed by atoms with Crippen LogP contribution >= 0.6 is 0 Å². The predicted octanol–water partition coefficient (Wildman–Crippen LogP) is 3.03. The van der Waals surface area contributed by atoms with Crippen molar-refractivity contribution in [1.82, 2.24) is 0 Å². The molecule has 0 aliphatic heterocycles. The first-order valence-electron chi connectivity index (χ1n) is 5.92. The van der Waals surface area contributed by atoms with Crippen molar-refractivity contribution in [3.05, 3.63) is 29.6 Å². The van der Waals surface area contributed by atoms with Crippen LogP contribution in [0.4, 0.5) is 4.39 Å². The van der Waals surface area contributed by atoms with Gasteiger partial charge in [-0.1, -0.05) is 0 Å². The summed E-state index contributed by atoms with van der Waals surface area (Å²) in [7, 11) is 0. The number of hydrogen-bond donors (Lipinski definition) is 1. The molecule has 0 saturated heterocycles. The monoisotopic (exact) mass is 251 g/mol. The molecule has 98 valence electrons. The van der Waals surface area contributed by atoms with E-state index in [4.69, 9.17) is 15.1 Å². The Kier molecular flexibility index (Phi) is 5.11. The van der Waals surface area contributed by atoms with Crippen LogP contribution in [0.2, 0.25) is 0 Å². The van der Waals surface area contributed by atoms with Gasteiger partial charge in [0.1, 0.15) is 11.6 Å². The van der Waals surface area contributed by atoms with Gasteiger partial charge in [-0.25, -0.2) is 4.39 Å². The fourth-order valence-electron chi connectivity index (χ4n) is 1.56. The third-order valence-electron chi connectivity index (χ3n) is 2.70. The Morgan fingerprint density at radius 3 is 2.78 bits per heavy atom. The fourth-order valence-corrected chi connectivity index (χ4v) is 1.56. The molecule has 1 rings (SSSR count). The number of hydrogen-bond acceptors (Lipinski definition) is 3. The SMILES string of the molecule is CC(C)(C#N)CCCOc1ccc(F)cc1CO. The van der Waals surface area contributed by atoms with Gasteiger partial charge in [-0.2, -0.15) is 5.26 Å². The lowest BCUT2D eigenvalue weighted by atomic mass is 9.90. The highest BCUT2D eigenvalue weighted by Crippen LogP contribution is 2.23. The van der Waals surface area contributed by atoms with Gasteiger partial charge >= 0.3 is 0 Å². The third kappa shape index (κ3) is 4.34. The summed E-state index contributed by atoms with van der Waals surface area (Å²) in [6.07, 6.45) is 1.47. The zero-order valence-corrected chi connectivity index (χ0v) is 10.7. The average Bonchev–Trinajstić information content (AvgIpc) is 2.36. The van der Waals surface area contributed by atoms with Crippen molar-refractivity contribution in [1.29, 1.82) is 5.26 Å². The van der Waals surface area contributed by atoms with Gasteiger partial charge < -0.3 is 9.84 Å². The van der Waals surface area contributed by atoms with Crippen LogP contribution < -0.4 is 4.74 Å². The van der Waals surface area contributed by atoms with Gasteiger partial charge in [-0.3, -0.25) is 0 Å². The number of nitrogens with zero attached hydrogens (tertiary/aromatic N) is 1. The normalized spacial score (nSPS) is 11.1. The van der Waals surface area contributed by atoms with Crippen LogP contribution in [0.5, 0.6) is 5.75 Å². The Balaban J connectivity index is 2.47. The Labute approximate surface area is 107 Å². The zero-order chi connectivity index (χ0) is 13.6. The number of halogens is 1. The number of benzene rings is 1. The second-order valence-electron chi connectivity index (χ2n) is 4.86. The van der Waals surface area contributed by atoms with E-state index >= 15 is 0 Å². The van der Waals surface area contributed by atoms with Crippen molar-refractivity contribution in [3.8, 4) is 11.8 Å². The van der Waals surface area contributed by atoms with Gasteiger partial charge in [-0.15, -0.1) is 0 Å². The van der Waals surface area contributed by atoms with Crippen LogP contribution in [0.1, 0.15) is 32.3 Å². The lowest BCUT2D eigenvalue weighted by Gasteiger charge is -2.15. The summed E-state index contributed by atoms with van der Waals surface area (Å²) in [6.45, 7) is 3.95. The number of aliphatic hydroxyl groups excluding tert-OH is 1. The highest BCUT2D eigenvalue weighted by atomic mass is 19.1. The van der Waals surface area contributed by atoms with Crippen molar-refractivity contribution in [3.63, 3.8) is 0 Å². The Morgan fingerprint density at radius 1 is 1.44 bits per heavy atom. The van der Waals surface area contributed by atoms with Gasteiger partial charge in [0, 0.05) is 5.56 Å². The summed E-state index contributed by atoms with van der Waals surface area (Å²) in [5.41, 5.74) is 0.0842. The van der Waals surface area contributed by atoms with Crippen molar-refractivity contribution < 1.29 is 14.2 Å². The van der Waals surface area contributed by atoms with Gasteiger partial charge in [0.05, 0.1) is 24.7 Å². The van der Waals surface area contributed by atoms with Crippen molar-refractivity contribution in [2.24, 2.45) is 5.41 Å². The third-order valence-corrected chi connectivity index (χ3v) is 2.70. The van der Waals surface area contributed by atoms with Crippen LogP contribution in [0, 0.1) is 22.6 Å². The zero-order valence-electron chi connectivity index (χ0n) is 10.7. The van der Waals surface area contributed by atoms with E-state index in [9.17, 15) is 4.39 Å². The highest BCUT2D eigenvalue weighted by Gasteiger charge is 2.15. The molecule has 0 aliphatic carbocycles. The number of ether oxygens (including phenoxy) is 1. The molecule has 18 heavy (non-hydrogen) atoms. The minimum Gasteiger partial charge on any atom is -0.493 e. The molecule has 0 saturated carbocycles. The Bertz CT molecular complexity index is 438. The van der Waals surface area contributed by atoms with Gasteiger partial charge in [0.25, 0.3) is 0 Å². The first-order chi connectivity index (χ1) is 8.48. The number of aliphatic hydroxyl groups is 1. The summed E-state index contributed by atoms with van der Waals surface area (Å²) in [5, 5.41) is 17.9. The van der Waals surface area contributed by atoms with Crippen LogP contribution in [-0.4, -0.2) is 11.7 Å². The molecule has 0 radical (unpaired) electrons. The maximum Gasteiger partial charge on any atom is 0.125 e. The molecule has 0 bridgehead atoms. The molecule has 0 amide bonds. The van der Waals surface area contributed by atoms with E-state index in [2.05, 4.69) is 6.07 Å². The van der Waals surface area contributed by atoms with E-state index in [1.807, 2.05) is 13.8 Å². The molecule has 1 N–H and O–H groups in total. The van der Waals surface area contributed by atoms with Crippen molar-refractivity contribution >= 4 is 0 Å². The van der Waals surface area contributed by atoms with Crippen LogP contribution in [0.25, 0.3) is 0 Å². The lowest BCUT2D eigenvalue weighted by molar-refractivity contribution is 0.253. The number of nitriles is 1. The first-order valence-corrected chi connectivity index (χ1v) is 5.92. The van der Waals surface area contributed by atoms with E-state index in [1.54, 1.807) is 0 Å². The van der Waals surface area contributed by atoms with E-state index in [-0.39, 0.29) is 12.0 Å². The standard InChI is InChI=1S/C14H18FNO2/c1-14(2,10-16)6-3-7-18-13-5-4-12(15)8-11(13)9-17/h4-5,8,17H,3,6-7,9H2,1-2H3. The molecule has 1 aromatic carbocycles. The van der Waals surface area contributed by atoms with E-state index in [0.29, 0.717) is 17.9 Å². The molecule has 0 fully saturated rings. The van der Waals surface area contributed by atoms with Gasteiger partial charge in [0.2, 0.25) is 0 Å². The second-order valence-corrected chi connectivity index (χ2v) is 4.86. The second kappa shape index (κ2) is 6.36. The average molecular weight is 251 g/mol. The number of rotatable bonds is 6. The van der Waals surface area contributed by atoms with Gasteiger partial charge in [-0.05, 0) is 44.9 Å². The molecule has 0 unspecified atom stereocenters. The summed E-state index contributed by atoms with van der Waals surface area (Å²) < 4.78 is 18.4. The smallest absolute Gasteiger partial charge is 0.125 e. The maximum absolute atomic E-state index is 12.9. The molecule has 4 heteroatoms. The predicted molar refractivity (Wildman–Crippen MR) is 66.4 cm³/mol. The van der Waals surface area contributed by atoms with Crippen molar-refractivity contribution in [2.45, 2.75) is 33.3 Å².